The highest BCUT2D eigenvalue weighted by Gasteiger charge is 2.29. The second kappa shape index (κ2) is 8.03. The number of hydrogen-bond acceptors (Lipinski definition) is 3. The number of ether oxygens (including phenoxy) is 1. The van der Waals surface area contributed by atoms with Gasteiger partial charge in [-0.2, -0.15) is 0 Å². The van der Waals surface area contributed by atoms with Crippen LogP contribution in [-0.4, -0.2) is 61.1 Å². The molecule has 1 unspecified atom stereocenters. The second-order valence-electron chi connectivity index (χ2n) is 6.52. The lowest BCUT2D eigenvalue weighted by Crippen LogP contribution is -2.46. The third-order valence-electron chi connectivity index (χ3n) is 4.93. The highest BCUT2D eigenvalue weighted by Crippen LogP contribution is 2.24. The molecule has 24 heavy (non-hydrogen) atoms. The maximum absolute atomic E-state index is 13.9. The minimum Gasteiger partial charge on any atom is -0.379 e. The van der Waals surface area contributed by atoms with Crippen LogP contribution in [0.3, 0.4) is 0 Å². The molecule has 1 aromatic rings. The van der Waals surface area contributed by atoms with Crippen LogP contribution < -0.4 is 0 Å². The molecule has 2 aliphatic heterocycles. The summed E-state index contributed by atoms with van der Waals surface area (Å²) in [6.07, 6.45) is 3.77. The van der Waals surface area contributed by atoms with E-state index in [2.05, 4.69) is 4.90 Å². The van der Waals surface area contributed by atoms with Crippen LogP contribution in [0.25, 0.3) is 0 Å². The largest absolute Gasteiger partial charge is 0.379 e. The molecule has 0 radical (unpaired) electrons. The molecular weight excluding hydrogens is 314 g/mol. The van der Waals surface area contributed by atoms with Crippen LogP contribution in [-0.2, 0) is 4.74 Å². The Morgan fingerprint density at radius 1 is 1.17 bits per heavy atom. The molecule has 3 rings (SSSR count). The third kappa shape index (κ3) is 4.11. The summed E-state index contributed by atoms with van der Waals surface area (Å²) in [5.74, 6) is -1.63. The smallest absolute Gasteiger partial charge is 0.257 e. The third-order valence-corrected chi connectivity index (χ3v) is 4.93. The normalized spacial score (nSPS) is 22.6. The first-order valence-electron chi connectivity index (χ1n) is 8.71. The zero-order valence-electron chi connectivity index (χ0n) is 13.8. The van der Waals surface area contributed by atoms with Gasteiger partial charge in [-0.15, -0.1) is 0 Å². The molecule has 2 saturated heterocycles. The Labute approximate surface area is 141 Å². The van der Waals surface area contributed by atoms with Crippen LogP contribution in [0.15, 0.2) is 18.2 Å². The Morgan fingerprint density at radius 2 is 1.96 bits per heavy atom. The van der Waals surface area contributed by atoms with E-state index >= 15 is 0 Å². The van der Waals surface area contributed by atoms with Crippen LogP contribution in [0, 0.1) is 11.6 Å². The number of carbonyl (C=O) groups excluding carboxylic acids is 1. The van der Waals surface area contributed by atoms with Gasteiger partial charge in [0, 0.05) is 32.2 Å². The Balaban J connectivity index is 1.66. The van der Waals surface area contributed by atoms with Crippen molar-refractivity contribution in [3.8, 4) is 0 Å². The molecule has 1 aromatic carbocycles. The summed E-state index contributed by atoms with van der Waals surface area (Å²) >= 11 is 0. The van der Waals surface area contributed by atoms with Crippen LogP contribution >= 0.6 is 0 Å². The fourth-order valence-electron chi connectivity index (χ4n) is 3.54. The number of carbonyl (C=O) groups is 1. The molecule has 4 nitrogen and oxygen atoms in total. The molecule has 0 aromatic heterocycles. The van der Waals surface area contributed by atoms with Gasteiger partial charge in [0.1, 0.15) is 11.6 Å². The van der Waals surface area contributed by atoms with Crippen molar-refractivity contribution in [1.82, 2.24) is 9.80 Å². The van der Waals surface area contributed by atoms with Gasteiger partial charge in [0.05, 0.1) is 18.8 Å². The summed E-state index contributed by atoms with van der Waals surface area (Å²) in [7, 11) is 0. The fraction of sp³-hybridized carbons (Fsp3) is 0.611. The number of morpholine rings is 1. The highest BCUT2D eigenvalue weighted by molar-refractivity contribution is 5.94. The molecule has 132 valence electrons. The van der Waals surface area contributed by atoms with Crippen LogP contribution in [0.5, 0.6) is 0 Å². The van der Waals surface area contributed by atoms with Gasteiger partial charge >= 0.3 is 0 Å². The Kier molecular flexibility index (Phi) is 5.79. The number of hydrogen-bond donors (Lipinski definition) is 0. The molecule has 0 saturated carbocycles. The van der Waals surface area contributed by atoms with Gasteiger partial charge in [0.2, 0.25) is 0 Å². The van der Waals surface area contributed by atoms with Crippen molar-refractivity contribution >= 4 is 5.91 Å². The van der Waals surface area contributed by atoms with Gasteiger partial charge in [0.15, 0.2) is 0 Å². The lowest BCUT2D eigenvalue weighted by molar-refractivity contribution is 0.0295. The maximum atomic E-state index is 13.9. The molecule has 2 heterocycles. The standard InChI is InChI=1S/C18H24F2N2O2/c19-14-4-5-17(20)16(13-14)18(23)22-7-2-1-3-15(22)6-8-21-9-11-24-12-10-21/h4-5,13,15H,1-3,6-12H2. The van der Waals surface area contributed by atoms with Gasteiger partial charge in [-0.1, -0.05) is 0 Å². The van der Waals surface area contributed by atoms with Gasteiger partial charge in [-0.3, -0.25) is 9.69 Å². The molecule has 2 aliphatic rings. The molecule has 0 spiro atoms. The van der Waals surface area contributed by atoms with E-state index in [1.807, 2.05) is 0 Å². The van der Waals surface area contributed by atoms with Crippen molar-refractivity contribution in [2.45, 2.75) is 31.7 Å². The van der Waals surface area contributed by atoms with E-state index < -0.39 is 17.5 Å². The summed E-state index contributed by atoms with van der Waals surface area (Å²) in [6, 6.07) is 3.16. The second-order valence-corrected chi connectivity index (χ2v) is 6.52. The first kappa shape index (κ1) is 17.3. The predicted octanol–water partition coefficient (Wildman–Crippen LogP) is 2.68. The summed E-state index contributed by atoms with van der Waals surface area (Å²) in [4.78, 5) is 16.8. The van der Waals surface area contributed by atoms with Crippen LogP contribution in [0.1, 0.15) is 36.0 Å². The van der Waals surface area contributed by atoms with Crippen LogP contribution in [0.2, 0.25) is 0 Å². The topological polar surface area (TPSA) is 32.8 Å². The first-order valence-corrected chi connectivity index (χ1v) is 8.71. The highest BCUT2D eigenvalue weighted by atomic mass is 19.1. The number of nitrogens with zero attached hydrogens (tertiary/aromatic N) is 2. The van der Waals surface area contributed by atoms with Gasteiger partial charge in [0.25, 0.3) is 5.91 Å². The number of amides is 1. The van der Waals surface area contributed by atoms with Crippen molar-refractivity contribution in [1.29, 1.82) is 0 Å². The van der Waals surface area contributed by atoms with Crippen molar-refractivity contribution < 1.29 is 18.3 Å². The number of rotatable bonds is 4. The lowest BCUT2D eigenvalue weighted by Gasteiger charge is -2.37. The van der Waals surface area contributed by atoms with Crippen molar-refractivity contribution in [3.05, 3.63) is 35.4 Å². The number of halogens is 2. The summed E-state index contributed by atoms with van der Waals surface area (Å²) in [5, 5.41) is 0. The van der Waals surface area contributed by atoms with E-state index in [1.54, 1.807) is 4.90 Å². The molecule has 0 bridgehead atoms. The first-order chi connectivity index (χ1) is 11.6. The summed E-state index contributed by atoms with van der Waals surface area (Å²) in [6.45, 7) is 4.86. The Hall–Kier alpha value is -1.53. The van der Waals surface area contributed by atoms with Gasteiger partial charge in [-0.05, 0) is 43.9 Å². The van der Waals surface area contributed by atoms with Crippen molar-refractivity contribution in [2.75, 3.05) is 39.4 Å². The van der Waals surface area contributed by atoms with Crippen molar-refractivity contribution in [2.24, 2.45) is 0 Å². The Bertz CT molecular complexity index is 576. The zero-order chi connectivity index (χ0) is 16.9. The fourth-order valence-corrected chi connectivity index (χ4v) is 3.54. The number of piperidine rings is 1. The molecule has 0 N–H and O–H groups in total. The molecule has 1 atom stereocenters. The van der Waals surface area contributed by atoms with E-state index in [0.717, 1.165) is 76.7 Å². The minimum absolute atomic E-state index is 0.0942. The predicted molar refractivity (Wildman–Crippen MR) is 86.9 cm³/mol. The van der Waals surface area contributed by atoms with E-state index in [4.69, 9.17) is 4.74 Å². The number of benzene rings is 1. The van der Waals surface area contributed by atoms with E-state index in [-0.39, 0.29) is 11.6 Å². The zero-order valence-corrected chi connectivity index (χ0v) is 13.8. The van der Waals surface area contributed by atoms with E-state index in [1.165, 1.54) is 0 Å². The Morgan fingerprint density at radius 3 is 2.75 bits per heavy atom. The molecule has 6 heteroatoms. The molecular formula is C18H24F2N2O2. The van der Waals surface area contributed by atoms with Gasteiger partial charge < -0.3 is 9.64 Å². The quantitative estimate of drug-likeness (QED) is 0.846. The summed E-state index contributed by atoms with van der Waals surface area (Å²) in [5.41, 5.74) is -0.159. The molecule has 2 fully saturated rings. The average molecular weight is 338 g/mol. The SMILES string of the molecule is O=C(c1cc(F)ccc1F)N1CCCCC1CCN1CCOCC1. The lowest BCUT2D eigenvalue weighted by atomic mass is 9.97. The molecule has 0 aliphatic carbocycles. The van der Waals surface area contributed by atoms with E-state index in [0.29, 0.717) is 6.54 Å². The average Bonchev–Trinajstić information content (AvgIpc) is 2.62. The monoisotopic (exact) mass is 338 g/mol. The van der Waals surface area contributed by atoms with Crippen molar-refractivity contribution in [3.63, 3.8) is 0 Å². The van der Waals surface area contributed by atoms with Gasteiger partial charge in [-0.25, -0.2) is 8.78 Å². The minimum atomic E-state index is -0.654. The van der Waals surface area contributed by atoms with E-state index in [9.17, 15) is 13.6 Å². The van der Waals surface area contributed by atoms with Crippen LogP contribution in [0.4, 0.5) is 8.78 Å². The summed E-state index contributed by atoms with van der Waals surface area (Å²) < 4.78 is 32.7. The maximum Gasteiger partial charge on any atom is 0.257 e. The number of likely N-dealkylation sites (tertiary alicyclic amines) is 1. The molecule has 1 amide bonds.